The van der Waals surface area contributed by atoms with Gasteiger partial charge in [-0.15, -0.1) is 12.3 Å². The van der Waals surface area contributed by atoms with Crippen molar-refractivity contribution in [2.75, 3.05) is 13.1 Å². The number of nitrogens with two attached hydrogens (primary N) is 1. The number of rotatable bonds is 6. The van der Waals surface area contributed by atoms with E-state index in [1.165, 1.54) is 0 Å². The smallest absolute Gasteiger partial charge is 0.240 e. The summed E-state index contributed by atoms with van der Waals surface area (Å²) in [5, 5.41) is 0. The van der Waals surface area contributed by atoms with Crippen LogP contribution in [0, 0.1) is 12.3 Å². The highest BCUT2D eigenvalue weighted by Gasteiger charge is 2.12. The minimum atomic E-state index is -3.44. The molecule has 0 bridgehead atoms. The summed E-state index contributed by atoms with van der Waals surface area (Å²) in [5.41, 5.74) is 6.44. The van der Waals surface area contributed by atoms with Gasteiger partial charge in [0.1, 0.15) is 0 Å². The summed E-state index contributed by atoms with van der Waals surface area (Å²) in [4.78, 5) is 0.246. The van der Waals surface area contributed by atoms with Crippen molar-refractivity contribution < 1.29 is 8.42 Å². The summed E-state index contributed by atoms with van der Waals surface area (Å²) in [6.07, 6.45) is 6.17. The fourth-order valence-corrected chi connectivity index (χ4v) is 2.37. The van der Waals surface area contributed by atoms with E-state index in [1.807, 2.05) is 0 Å². The van der Waals surface area contributed by atoms with Crippen molar-refractivity contribution in [2.45, 2.75) is 17.7 Å². The first-order valence-corrected chi connectivity index (χ1v) is 6.80. The molecule has 0 spiro atoms. The Morgan fingerprint density at radius 1 is 1.29 bits per heavy atom. The molecular weight excluding hydrogens is 236 g/mol. The van der Waals surface area contributed by atoms with Crippen molar-refractivity contribution in [3.63, 3.8) is 0 Å². The minimum absolute atomic E-state index is 0.246. The molecule has 0 saturated carbocycles. The quantitative estimate of drug-likeness (QED) is 0.571. The van der Waals surface area contributed by atoms with Gasteiger partial charge >= 0.3 is 0 Å². The average molecular weight is 252 g/mol. The van der Waals surface area contributed by atoms with E-state index in [0.29, 0.717) is 13.0 Å². The molecule has 17 heavy (non-hydrogen) atoms. The molecule has 0 radical (unpaired) electrons. The summed E-state index contributed by atoms with van der Waals surface area (Å²) >= 11 is 0. The summed E-state index contributed by atoms with van der Waals surface area (Å²) < 4.78 is 26.0. The second kappa shape index (κ2) is 6.40. The molecule has 1 aromatic carbocycles. The van der Waals surface area contributed by atoms with Gasteiger partial charge in [-0.3, -0.25) is 0 Å². The predicted molar refractivity (Wildman–Crippen MR) is 67.8 cm³/mol. The van der Waals surface area contributed by atoms with E-state index in [0.717, 1.165) is 12.0 Å². The fourth-order valence-electron chi connectivity index (χ4n) is 1.34. The summed E-state index contributed by atoms with van der Waals surface area (Å²) in [6, 6.07) is 6.68. The van der Waals surface area contributed by atoms with Gasteiger partial charge in [-0.2, -0.15) is 0 Å². The Labute approximate surface area is 102 Å². The van der Waals surface area contributed by atoms with Gasteiger partial charge in [-0.25, -0.2) is 13.1 Å². The van der Waals surface area contributed by atoms with Crippen LogP contribution in [0.5, 0.6) is 0 Å². The van der Waals surface area contributed by atoms with E-state index in [2.05, 4.69) is 10.6 Å². The third-order valence-corrected chi connectivity index (χ3v) is 3.71. The van der Waals surface area contributed by atoms with Crippen molar-refractivity contribution in [3.05, 3.63) is 29.8 Å². The number of nitrogens with one attached hydrogen (secondary N) is 1. The molecule has 0 heterocycles. The first-order chi connectivity index (χ1) is 8.10. The highest BCUT2D eigenvalue weighted by Crippen LogP contribution is 2.10. The molecule has 0 atom stereocenters. The van der Waals surface area contributed by atoms with Gasteiger partial charge in [0.25, 0.3) is 0 Å². The van der Waals surface area contributed by atoms with Gasteiger partial charge in [0.05, 0.1) is 4.90 Å². The molecule has 0 aliphatic heterocycles. The minimum Gasteiger partial charge on any atom is -0.330 e. The lowest BCUT2D eigenvalue weighted by Gasteiger charge is -2.06. The molecular formula is C12H16N2O2S. The Bertz CT molecular complexity index is 486. The van der Waals surface area contributed by atoms with Crippen molar-refractivity contribution in [2.24, 2.45) is 5.73 Å². The standard InChI is InChI=1S/C12H16N2O2S/c1-2-3-10-14-17(15,16)12-6-4-11(5-7-12)8-9-13/h1,4-7,14H,3,8-10,13H2. The van der Waals surface area contributed by atoms with E-state index < -0.39 is 10.0 Å². The van der Waals surface area contributed by atoms with E-state index in [1.54, 1.807) is 24.3 Å². The monoisotopic (exact) mass is 252 g/mol. The molecule has 0 aromatic heterocycles. The predicted octanol–water partition coefficient (Wildman–Crippen LogP) is 0.489. The molecule has 1 aromatic rings. The largest absolute Gasteiger partial charge is 0.330 e. The van der Waals surface area contributed by atoms with Crippen LogP contribution in [0.3, 0.4) is 0 Å². The maximum absolute atomic E-state index is 11.8. The zero-order chi connectivity index (χ0) is 12.7. The van der Waals surface area contributed by atoms with Crippen molar-refractivity contribution in [1.82, 2.24) is 4.72 Å². The van der Waals surface area contributed by atoms with Gasteiger partial charge in [0.2, 0.25) is 10.0 Å². The van der Waals surface area contributed by atoms with Gasteiger partial charge in [-0.05, 0) is 30.7 Å². The van der Waals surface area contributed by atoms with Crippen LogP contribution < -0.4 is 10.5 Å². The number of terminal acetylenes is 1. The average Bonchev–Trinajstić information content (AvgIpc) is 2.30. The molecule has 5 heteroatoms. The van der Waals surface area contributed by atoms with Crippen LogP contribution in [0.4, 0.5) is 0 Å². The lowest BCUT2D eigenvalue weighted by atomic mass is 10.2. The van der Waals surface area contributed by atoms with Gasteiger partial charge in [0.15, 0.2) is 0 Å². The zero-order valence-corrected chi connectivity index (χ0v) is 10.3. The van der Waals surface area contributed by atoms with E-state index in [-0.39, 0.29) is 11.4 Å². The van der Waals surface area contributed by atoms with Crippen LogP contribution in [-0.2, 0) is 16.4 Å². The molecule has 1 rings (SSSR count). The summed E-state index contributed by atoms with van der Waals surface area (Å²) in [6.45, 7) is 0.801. The van der Waals surface area contributed by atoms with E-state index in [4.69, 9.17) is 12.2 Å². The highest BCUT2D eigenvalue weighted by molar-refractivity contribution is 7.89. The first-order valence-electron chi connectivity index (χ1n) is 5.32. The normalized spacial score (nSPS) is 11.1. The Morgan fingerprint density at radius 3 is 2.47 bits per heavy atom. The van der Waals surface area contributed by atoms with Crippen molar-refractivity contribution in [3.8, 4) is 12.3 Å². The molecule has 0 aliphatic rings. The number of hydrogen-bond donors (Lipinski definition) is 2. The summed E-state index contributed by atoms with van der Waals surface area (Å²) in [7, 11) is -3.44. The lowest BCUT2D eigenvalue weighted by Crippen LogP contribution is -2.24. The molecule has 4 nitrogen and oxygen atoms in total. The van der Waals surface area contributed by atoms with E-state index >= 15 is 0 Å². The molecule has 3 N–H and O–H groups in total. The van der Waals surface area contributed by atoms with Crippen LogP contribution >= 0.6 is 0 Å². The highest BCUT2D eigenvalue weighted by atomic mass is 32.2. The van der Waals surface area contributed by atoms with Gasteiger partial charge in [-0.1, -0.05) is 12.1 Å². The second-order valence-corrected chi connectivity index (χ2v) is 5.30. The summed E-state index contributed by atoms with van der Waals surface area (Å²) in [5.74, 6) is 2.38. The third kappa shape index (κ3) is 4.19. The van der Waals surface area contributed by atoms with Crippen LogP contribution in [0.15, 0.2) is 29.2 Å². The number of hydrogen-bond acceptors (Lipinski definition) is 3. The zero-order valence-electron chi connectivity index (χ0n) is 9.52. The Hall–Kier alpha value is -1.35. The lowest BCUT2D eigenvalue weighted by molar-refractivity contribution is 0.582. The van der Waals surface area contributed by atoms with Crippen LogP contribution in [0.25, 0.3) is 0 Å². The molecule has 0 aliphatic carbocycles. The maximum atomic E-state index is 11.8. The Kier molecular flexibility index (Phi) is 5.16. The van der Waals surface area contributed by atoms with Gasteiger partial charge in [0, 0.05) is 13.0 Å². The SMILES string of the molecule is C#CCCNS(=O)(=O)c1ccc(CCN)cc1. The number of benzene rings is 1. The third-order valence-electron chi connectivity index (χ3n) is 2.23. The van der Waals surface area contributed by atoms with Crippen molar-refractivity contribution in [1.29, 1.82) is 0 Å². The van der Waals surface area contributed by atoms with E-state index in [9.17, 15) is 8.42 Å². The molecule has 0 unspecified atom stereocenters. The molecule has 0 amide bonds. The van der Waals surface area contributed by atoms with Crippen molar-refractivity contribution >= 4 is 10.0 Å². The molecule has 0 saturated heterocycles. The maximum Gasteiger partial charge on any atom is 0.240 e. The van der Waals surface area contributed by atoms with Crippen LogP contribution in [-0.4, -0.2) is 21.5 Å². The van der Waals surface area contributed by atoms with Crippen LogP contribution in [0.1, 0.15) is 12.0 Å². The van der Waals surface area contributed by atoms with Gasteiger partial charge < -0.3 is 5.73 Å². The Morgan fingerprint density at radius 2 is 1.94 bits per heavy atom. The Balaban J connectivity index is 2.75. The molecule has 0 fully saturated rings. The van der Waals surface area contributed by atoms with Crippen LogP contribution in [0.2, 0.25) is 0 Å². The fraction of sp³-hybridized carbons (Fsp3) is 0.333. The topological polar surface area (TPSA) is 72.2 Å². The first kappa shape index (κ1) is 13.7. The molecule has 92 valence electrons. The number of sulfonamides is 1. The second-order valence-electron chi connectivity index (χ2n) is 3.53.